The van der Waals surface area contributed by atoms with Crippen LogP contribution in [0.1, 0.15) is 27.5 Å². The molecule has 0 saturated carbocycles. The van der Waals surface area contributed by atoms with Gasteiger partial charge in [-0.2, -0.15) is 5.10 Å². The number of benzene rings is 1. The second-order valence-electron chi connectivity index (χ2n) is 4.35. The Morgan fingerprint density at radius 2 is 2.05 bits per heavy atom. The van der Waals surface area contributed by atoms with Gasteiger partial charge >= 0.3 is 0 Å². The topological polar surface area (TPSA) is 60.9 Å². The Labute approximate surface area is 108 Å². The molecule has 1 aromatic carbocycles. The van der Waals surface area contributed by atoms with Crippen LogP contribution in [0.5, 0.6) is 0 Å². The fourth-order valence-electron chi connectivity index (χ4n) is 1.76. The molecule has 0 aliphatic rings. The first-order chi connectivity index (χ1) is 8.91. The number of halogens is 2. The minimum absolute atomic E-state index is 0.143. The molecule has 0 aliphatic carbocycles. The normalized spacial score (nSPS) is 12.5. The largest absolute Gasteiger partial charge is 0.317 e. The minimum Gasteiger partial charge on any atom is -0.317 e. The van der Waals surface area contributed by atoms with Gasteiger partial charge in [-0.3, -0.25) is 9.48 Å². The summed E-state index contributed by atoms with van der Waals surface area (Å²) in [5.74, 6) is -2.86. The molecule has 1 aromatic heterocycles. The maximum atomic E-state index is 13.7. The second-order valence-corrected chi connectivity index (χ2v) is 4.35. The molecule has 1 unspecified atom stereocenters. The van der Waals surface area contributed by atoms with Crippen LogP contribution in [0.2, 0.25) is 0 Å². The van der Waals surface area contributed by atoms with Gasteiger partial charge in [-0.1, -0.05) is 6.07 Å². The van der Waals surface area contributed by atoms with Gasteiger partial charge in [0, 0.05) is 18.8 Å². The van der Waals surface area contributed by atoms with E-state index in [1.54, 1.807) is 13.2 Å². The number of nitrogens with zero attached hydrogens (tertiary/aromatic N) is 2. The van der Waals surface area contributed by atoms with E-state index in [0.717, 1.165) is 0 Å². The lowest BCUT2D eigenvalue weighted by Crippen LogP contribution is -2.22. The fourth-order valence-corrected chi connectivity index (χ4v) is 1.76. The predicted octanol–water partition coefficient (Wildman–Crippen LogP) is 1.89. The van der Waals surface area contributed by atoms with Gasteiger partial charge in [0.15, 0.2) is 17.4 Å². The van der Waals surface area contributed by atoms with Crippen molar-refractivity contribution in [1.29, 1.82) is 0 Å². The fraction of sp³-hybridized carbons (Fsp3) is 0.231. The number of ketones is 1. The number of aromatic nitrogens is 2. The summed E-state index contributed by atoms with van der Waals surface area (Å²) in [4.78, 5) is 12.1. The van der Waals surface area contributed by atoms with Gasteiger partial charge in [0.2, 0.25) is 0 Å². The summed E-state index contributed by atoms with van der Waals surface area (Å²) in [6, 6.07) is 1.53. The summed E-state index contributed by atoms with van der Waals surface area (Å²) >= 11 is 0. The Balaban J connectivity index is 2.37. The van der Waals surface area contributed by atoms with Gasteiger partial charge in [0.1, 0.15) is 0 Å². The van der Waals surface area contributed by atoms with Crippen molar-refractivity contribution in [1.82, 2.24) is 9.78 Å². The summed E-state index contributed by atoms with van der Waals surface area (Å²) in [6.45, 7) is 1.42. The first kappa shape index (κ1) is 13.4. The first-order valence-corrected chi connectivity index (χ1v) is 5.64. The van der Waals surface area contributed by atoms with E-state index in [2.05, 4.69) is 5.10 Å². The zero-order valence-corrected chi connectivity index (χ0v) is 10.5. The number of hydrogen-bond donors (Lipinski definition) is 1. The molecule has 0 spiro atoms. The molecular formula is C13H13F2N3O. The average molecular weight is 265 g/mol. The predicted molar refractivity (Wildman–Crippen MR) is 65.6 cm³/mol. The van der Waals surface area contributed by atoms with Crippen LogP contribution in [0, 0.1) is 18.6 Å². The molecule has 0 radical (unpaired) electrons. The number of rotatable bonds is 3. The summed E-state index contributed by atoms with van der Waals surface area (Å²) in [7, 11) is 1.67. The van der Waals surface area contributed by atoms with Crippen molar-refractivity contribution < 1.29 is 13.6 Å². The monoisotopic (exact) mass is 265 g/mol. The number of Topliss-reactive ketones (excluding diaryl/α,β-unsaturated/α-hetero) is 1. The van der Waals surface area contributed by atoms with Gasteiger partial charge < -0.3 is 5.73 Å². The molecule has 0 amide bonds. The molecule has 6 heteroatoms. The Bertz CT molecular complexity index is 637. The average Bonchev–Trinajstić information content (AvgIpc) is 2.81. The molecule has 2 aromatic rings. The zero-order valence-electron chi connectivity index (χ0n) is 10.5. The van der Waals surface area contributed by atoms with E-state index in [0.29, 0.717) is 5.56 Å². The van der Waals surface area contributed by atoms with Crippen LogP contribution >= 0.6 is 0 Å². The Kier molecular flexibility index (Phi) is 3.44. The van der Waals surface area contributed by atoms with Gasteiger partial charge in [-0.15, -0.1) is 0 Å². The highest BCUT2D eigenvalue weighted by molar-refractivity contribution is 6.00. The summed E-state index contributed by atoms with van der Waals surface area (Å²) in [5.41, 5.74) is 6.00. The molecule has 4 nitrogen and oxygen atoms in total. The minimum atomic E-state index is -1.16. The highest BCUT2D eigenvalue weighted by Gasteiger charge is 2.24. The number of nitrogens with two attached hydrogens (primary N) is 1. The lowest BCUT2D eigenvalue weighted by atomic mass is 9.99. The van der Waals surface area contributed by atoms with Crippen LogP contribution in [-0.4, -0.2) is 15.6 Å². The van der Waals surface area contributed by atoms with Gasteiger partial charge in [-0.05, 0) is 18.6 Å². The highest BCUT2D eigenvalue weighted by atomic mass is 19.2. The maximum absolute atomic E-state index is 13.7. The molecule has 0 aliphatic heterocycles. The lowest BCUT2D eigenvalue weighted by molar-refractivity contribution is 0.0956. The number of aryl methyl sites for hydroxylation is 2. The van der Waals surface area contributed by atoms with E-state index in [1.807, 2.05) is 0 Å². The SMILES string of the molecule is Cc1ccc(C(=O)C(N)c2cnn(C)c2)c(F)c1F. The van der Waals surface area contributed by atoms with E-state index in [-0.39, 0.29) is 11.1 Å². The molecule has 0 bridgehead atoms. The summed E-state index contributed by atoms with van der Waals surface area (Å²) in [5, 5.41) is 3.88. The van der Waals surface area contributed by atoms with Crippen molar-refractivity contribution in [2.75, 3.05) is 0 Å². The van der Waals surface area contributed by atoms with Crippen LogP contribution < -0.4 is 5.73 Å². The van der Waals surface area contributed by atoms with Crippen molar-refractivity contribution in [3.63, 3.8) is 0 Å². The van der Waals surface area contributed by atoms with Crippen LogP contribution in [-0.2, 0) is 7.05 Å². The lowest BCUT2D eigenvalue weighted by Gasteiger charge is -2.10. The second kappa shape index (κ2) is 4.89. The van der Waals surface area contributed by atoms with Crippen molar-refractivity contribution in [3.8, 4) is 0 Å². The van der Waals surface area contributed by atoms with Crippen LogP contribution in [0.25, 0.3) is 0 Å². The number of hydrogen-bond acceptors (Lipinski definition) is 3. The van der Waals surface area contributed by atoms with Crippen LogP contribution in [0.4, 0.5) is 8.78 Å². The molecule has 0 fully saturated rings. The number of carbonyl (C=O) groups is 1. The van der Waals surface area contributed by atoms with E-state index in [1.165, 1.54) is 29.9 Å². The quantitative estimate of drug-likeness (QED) is 0.862. The van der Waals surface area contributed by atoms with Crippen LogP contribution in [0.15, 0.2) is 24.5 Å². The molecule has 1 heterocycles. The zero-order chi connectivity index (χ0) is 14.2. The Morgan fingerprint density at radius 3 is 2.63 bits per heavy atom. The summed E-state index contributed by atoms with van der Waals surface area (Å²) < 4.78 is 28.6. The molecule has 2 N–H and O–H groups in total. The molecule has 2 rings (SSSR count). The van der Waals surface area contributed by atoms with Gasteiger partial charge in [0.05, 0.1) is 17.8 Å². The molecule has 19 heavy (non-hydrogen) atoms. The van der Waals surface area contributed by atoms with Gasteiger partial charge in [0.25, 0.3) is 0 Å². The van der Waals surface area contributed by atoms with Crippen molar-refractivity contribution in [2.45, 2.75) is 13.0 Å². The van der Waals surface area contributed by atoms with E-state index in [9.17, 15) is 13.6 Å². The van der Waals surface area contributed by atoms with E-state index < -0.39 is 23.5 Å². The molecule has 0 saturated heterocycles. The maximum Gasteiger partial charge on any atom is 0.187 e. The van der Waals surface area contributed by atoms with E-state index in [4.69, 9.17) is 5.73 Å². The molecular weight excluding hydrogens is 252 g/mol. The standard InChI is InChI=1S/C13H13F2N3O/c1-7-3-4-9(11(15)10(7)14)13(19)12(16)8-5-17-18(2)6-8/h3-6,12H,16H2,1-2H3. The smallest absolute Gasteiger partial charge is 0.187 e. The van der Waals surface area contributed by atoms with Gasteiger partial charge in [-0.25, -0.2) is 8.78 Å². The van der Waals surface area contributed by atoms with Crippen molar-refractivity contribution in [3.05, 3.63) is 52.9 Å². The van der Waals surface area contributed by atoms with E-state index >= 15 is 0 Å². The highest BCUT2D eigenvalue weighted by Crippen LogP contribution is 2.21. The third-order valence-corrected chi connectivity index (χ3v) is 2.91. The van der Waals surface area contributed by atoms with Crippen molar-refractivity contribution >= 4 is 5.78 Å². The van der Waals surface area contributed by atoms with Crippen molar-refractivity contribution in [2.24, 2.45) is 12.8 Å². The molecule has 100 valence electrons. The Hall–Kier alpha value is -2.08. The number of carbonyl (C=O) groups excluding carboxylic acids is 1. The third-order valence-electron chi connectivity index (χ3n) is 2.91. The Morgan fingerprint density at radius 1 is 1.37 bits per heavy atom. The summed E-state index contributed by atoms with van der Waals surface area (Å²) in [6.07, 6.45) is 2.98. The van der Waals surface area contributed by atoms with Crippen LogP contribution in [0.3, 0.4) is 0 Å². The first-order valence-electron chi connectivity index (χ1n) is 5.64. The molecule has 1 atom stereocenters. The third kappa shape index (κ3) is 2.39.